The molecule has 2 fully saturated rings. The molecule has 9 atom stereocenters. The van der Waals surface area contributed by atoms with Crippen LogP contribution in [-0.4, -0.2) is 98.6 Å². The van der Waals surface area contributed by atoms with E-state index >= 15 is 0 Å². The molecule has 0 bridgehead atoms. The second-order valence-electron chi connectivity index (χ2n) is 9.87. The maximum absolute atomic E-state index is 13.4. The highest BCUT2D eigenvalue weighted by atomic mass is 32.2. The predicted molar refractivity (Wildman–Crippen MR) is 126 cm³/mol. The summed E-state index contributed by atoms with van der Waals surface area (Å²) in [5, 5.41) is 44.1. The molecule has 2 heterocycles. The lowest BCUT2D eigenvalue weighted by Crippen LogP contribution is -2.64. The fourth-order valence-electron chi connectivity index (χ4n) is 4.96. The lowest BCUT2D eigenvalue weighted by molar-refractivity contribution is -0.208. The van der Waals surface area contributed by atoms with E-state index in [9.17, 15) is 25.2 Å². The number of hydrogen-bond donors (Lipinski definition) is 5. The van der Waals surface area contributed by atoms with Gasteiger partial charge in [-0.05, 0) is 37.9 Å². The number of rotatable bonds is 11. The maximum Gasteiger partial charge on any atom is 0.237 e. The monoisotopic (exact) mass is 476 g/mol. The van der Waals surface area contributed by atoms with Crippen molar-refractivity contribution >= 4 is 17.7 Å². The summed E-state index contributed by atoms with van der Waals surface area (Å²) in [5.41, 5.74) is -0.683. The summed E-state index contributed by atoms with van der Waals surface area (Å²) in [4.78, 5) is 15.5. The molecule has 1 amide bonds. The third-order valence-electron chi connectivity index (χ3n) is 6.73. The van der Waals surface area contributed by atoms with Gasteiger partial charge in [0.2, 0.25) is 5.91 Å². The van der Waals surface area contributed by atoms with Crippen molar-refractivity contribution in [3.8, 4) is 0 Å². The van der Waals surface area contributed by atoms with Gasteiger partial charge in [0, 0.05) is 13.1 Å². The predicted octanol–water partition coefficient (Wildman–Crippen LogP) is 0.949. The average molecular weight is 477 g/mol. The normalized spacial score (nSPS) is 35.8. The molecule has 9 heteroatoms. The minimum atomic E-state index is -1.34. The van der Waals surface area contributed by atoms with Crippen LogP contribution in [0.2, 0.25) is 0 Å². The molecule has 2 rings (SSSR count). The van der Waals surface area contributed by atoms with E-state index in [0.717, 1.165) is 32.2 Å². The van der Waals surface area contributed by atoms with Gasteiger partial charge in [0.1, 0.15) is 29.9 Å². The Balaban J connectivity index is 2.12. The number of thioether (sulfide) groups is 1. The van der Waals surface area contributed by atoms with Gasteiger partial charge in [-0.15, -0.1) is 11.8 Å². The number of aliphatic hydroxyl groups excluding tert-OH is 4. The van der Waals surface area contributed by atoms with E-state index in [1.807, 2.05) is 13.8 Å². The molecule has 5 N–H and O–H groups in total. The van der Waals surface area contributed by atoms with Crippen molar-refractivity contribution in [2.75, 3.05) is 19.3 Å². The molecule has 2 aliphatic heterocycles. The number of carbonyl (C=O) groups is 1. The van der Waals surface area contributed by atoms with E-state index in [1.165, 1.54) is 18.2 Å². The number of nitrogens with zero attached hydrogens (tertiary/aromatic N) is 1. The molecule has 0 saturated carbocycles. The zero-order valence-electron chi connectivity index (χ0n) is 20.2. The first-order chi connectivity index (χ1) is 15.1. The number of unbranched alkanes of at least 4 members (excludes halogenated alkanes) is 2. The Bertz CT molecular complexity index is 579. The Hall–Kier alpha value is -0.420. The number of nitrogens with one attached hydrogen (secondary N) is 1. The first-order valence-electron chi connectivity index (χ1n) is 12.1. The second-order valence-corrected chi connectivity index (χ2v) is 10.8. The van der Waals surface area contributed by atoms with Crippen LogP contribution >= 0.6 is 11.8 Å². The first kappa shape index (κ1) is 27.8. The van der Waals surface area contributed by atoms with Gasteiger partial charge in [0.05, 0.1) is 18.2 Å². The zero-order valence-corrected chi connectivity index (χ0v) is 21.0. The molecule has 32 heavy (non-hydrogen) atoms. The van der Waals surface area contributed by atoms with E-state index < -0.39 is 42.0 Å². The Kier molecular flexibility index (Phi) is 11.2. The molecule has 0 aliphatic carbocycles. The van der Waals surface area contributed by atoms with Gasteiger partial charge in [-0.25, -0.2) is 0 Å². The van der Waals surface area contributed by atoms with Gasteiger partial charge >= 0.3 is 0 Å². The van der Waals surface area contributed by atoms with Crippen molar-refractivity contribution in [3.63, 3.8) is 0 Å². The van der Waals surface area contributed by atoms with E-state index in [0.29, 0.717) is 12.5 Å². The van der Waals surface area contributed by atoms with Gasteiger partial charge in [-0.3, -0.25) is 9.69 Å². The van der Waals surface area contributed by atoms with Crippen molar-refractivity contribution in [3.05, 3.63) is 0 Å². The van der Waals surface area contributed by atoms with E-state index in [2.05, 4.69) is 17.1 Å². The van der Waals surface area contributed by atoms with Crippen LogP contribution in [0, 0.1) is 11.8 Å². The molecule has 0 spiro atoms. The van der Waals surface area contributed by atoms with Crippen molar-refractivity contribution in [2.24, 2.45) is 11.8 Å². The highest BCUT2D eigenvalue weighted by molar-refractivity contribution is 7.99. The Morgan fingerprint density at radius 1 is 1.16 bits per heavy atom. The number of amides is 1. The van der Waals surface area contributed by atoms with Gasteiger partial charge in [0.15, 0.2) is 0 Å². The van der Waals surface area contributed by atoms with Crippen LogP contribution < -0.4 is 5.32 Å². The van der Waals surface area contributed by atoms with Crippen LogP contribution in [0.3, 0.4) is 0 Å². The summed E-state index contributed by atoms with van der Waals surface area (Å²) in [7, 11) is 0. The molecule has 0 aromatic carbocycles. The Morgan fingerprint density at radius 3 is 2.41 bits per heavy atom. The molecular weight excluding hydrogens is 432 g/mol. The van der Waals surface area contributed by atoms with Crippen LogP contribution in [0.1, 0.15) is 59.8 Å². The lowest BCUT2D eigenvalue weighted by Gasteiger charge is -2.44. The fraction of sp³-hybridized carbons (Fsp3) is 0.957. The zero-order chi connectivity index (χ0) is 24.0. The second kappa shape index (κ2) is 12.9. The third-order valence-corrected chi connectivity index (χ3v) is 7.58. The summed E-state index contributed by atoms with van der Waals surface area (Å²) < 4.78 is 5.93. The first-order valence-corrected chi connectivity index (χ1v) is 13.3. The molecule has 2 saturated heterocycles. The number of carbonyl (C=O) groups excluding carboxylic acids is 1. The van der Waals surface area contributed by atoms with Crippen LogP contribution in [0.25, 0.3) is 0 Å². The van der Waals surface area contributed by atoms with E-state index in [-0.39, 0.29) is 17.9 Å². The summed E-state index contributed by atoms with van der Waals surface area (Å²) in [6, 6.07) is -0.869. The number of β-amino-alcohol motifs (C(OH)–C–C–N with tert-alkyl or cyclic N) is 1. The fourth-order valence-corrected chi connectivity index (χ4v) is 5.64. The van der Waals surface area contributed by atoms with Crippen LogP contribution in [0.15, 0.2) is 0 Å². The highest BCUT2D eigenvalue weighted by Gasteiger charge is 2.48. The average Bonchev–Trinajstić information content (AvgIpc) is 3.12. The van der Waals surface area contributed by atoms with Crippen LogP contribution in [-0.2, 0) is 9.53 Å². The van der Waals surface area contributed by atoms with Crippen molar-refractivity contribution in [2.45, 2.75) is 108 Å². The smallest absolute Gasteiger partial charge is 0.237 e. The summed E-state index contributed by atoms with van der Waals surface area (Å²) in [6.45, 7) is 9.01. The number of ether oxygens (including phenoxy) is 1. The number of likely N-dealkylation sites (tertiary alicyclic amines) is 1. The molecule has 8 nitrogen and oxygen atoms in total. The molecule has 188 valence electrons. The molecule has 0 aromatic heterocycles. The van der Waals surface area contributed by atoms with Crippen LogP contribution in [0.4, 0.5) is 0 Å². The van der Waals surface area contributed by atoms with Gasteiger partial charge < -0.3 is 30.5 Å². The van der Waals surface area contributed by atoms with Gasteiger partial charge in [-0.2, -0.15) is 0 Å². The van der Waals surface area contributed by atoms with Crippen molar-refractivity contribution in [1.82, 2.24) is 10.2 Å². The summed E-state index contributed by atoms with van der Waals surface area (Å²) in [6.07, 6.45) is 1.87. The van der Waals surface area contributed by atoms with Gasteiger partial charge in [-0.1, -0.05) is 40.0 Å². The highest BCUT2D eigenvalue weighted by Crippen LogP contribution is 2.32. The molecular formula is C23H44N2O6S. The molecule has 2 aliphatic rings. The third kappa shape index (κ3) is 7.04. The molecule has 0 radical (unpaired) electrons. The minimum Gasteiger partial charge on any atom is -0.392 e. The van der Waals surface area contributed by atoms with Crippen molar-refractivity contribution < 1.29 is 30.0 Å². The van der Waals surface area contributed by atoms with Crippen molar-refractivity contribution in [1.29, 1.82) is 0 Å². The molecule has 0 unspecified atom stereocenters. The number of aliphatic hydroxyl groups is 4. The number of hydrogen-bond acceptors (Lipinski definition) is 8. The summed E-state index contributed by atoms with van der Waals surface area (Å²) >= 11 is 1.26. The maximum atomic E-state index is 13.4. The molecule has 0 aromatic rings. The quantitative estimate of drug-likeness (QED) is 0.279. The SMILES string of the molecule is CCCCC[C@@H]1C[C@@H](C(=O)N[C@H](C(C)C)[C@H]2O[C@H](SC)[C@H](O)[C@@H](O)[C@H]2O)N(C[C@H](C)O)C1. The Labute approximate surface area is 197 Å². The topological polar surface area (TPSA) is 122 Å². The Morgan fingerprint density at radius 2 is 1.84 bits per heavy atom. The van der Waals surface area contributed by atoms with Gasteiger partial charge in [0.25, 0.3) is 0 Å². The standard InChI is InChI=1S/C23H44N2O6S/c1-6-7-8-9-15-10-16(25(12-15)11-14(4)26)22(30)24-17(13(2)3)21-19(28)18(27)20(29)23(31-21)32-5/h13-21,23,26-29H,6-12H2,1-5H3,(H,24,30)/t14-,15+,16-,17+,18-,19+,20+,21+,23+/m0/s1. The largest absolute Gasteiger partial charge is 0.392 e. The minimum absolute atomic E-state index is 0.0597. The summed E-state index contributed by atoms with van der Waals surface area (Å²) in [5.74, 6) is 0.220. The lowest BCUT2D eigenvalue weighted by atomic mass is 9.88. The van der Waals surface area contributed by atoms with E-state index in [1.54, 1.807) is 13.2 Å². The van der Waals surface area contributed by atoms with Crippen LogP contribution in [0.5, 0.6) is 0 Å². The van der Waals surface area contributed by atoms with E-state index in [4.69, 9.17) is 4.74 Å².